The molecule has 106 valence electrons. The first kappa shape index (κ1) is 14.5. The molecule has 3 nitrogen and oxygen atoms in total. The Kier molecular flexibility index (Phi) is 4.39. The van der Waals surface area contributed by atoms with E-state index in [1.807, 2.05) is 19.9 Å². The molecule has 1 heterocycles. The molecule has 1 unspecified atom stereocenters. The van der Waals surface area contributed by atoms with E-state index >= 15 is 0 Å². The summed E-state index contributed by atoms with van der Waals surface area (Å²) < 4.78 is 26.2. The lowest BCUT2D eigenvalue weighted by atomic mass is 10.1. The Morgan fingerprint density at radius 2 is 1.90 bits per heavy atom. The van der Waals surface area contributed by atoms with Gasteiger partial charge in [-0.25, -0.2) is 18.7 Å². The number of benzene rings is 1. The average Bonchev–Trinajstić information content (AvgIpc) is 2.41. The van der Waals surface area contributed by atoms with Crippen molar-refractivity contribution in [3.63, 3.8) is 0 Å². The number of nitrogens with zero attached hydrogens (tertiary/aromatic N) is 2. The first-order valence-electron chi connectivity index (χ1n) is 6.55. The normalized spacial score (nSPS) is 12.4. The van der Waals surface area contributed by atoms with E-state index in [-0.39, 0.29) is 6.04 Å². The molecule has 0 saturated heterocycles. The van der Waals surface area contributed by atoms with E-state index in [0.717, 1.165) is 29.9 Å². The first-order chi connectivity index (χ1) is 9.49. The second-order valence-corrected chi connectivity index (χ2v) is 4.83. The number of aryl methyl sites for hydroxylation is 1. The van der Waals surface area contributed by atoms with Crippen LogP contribution in [0.15, 0.2) is 24.3 Å². The Morgan fingerprint density at radius 1 is 1.15 bits per heavy atom. The van der Waals surface area contributed by atoms with Crippen LogP contribution in [0.5, 0.6) is 0 Å². The molecular formula is C15H17F2N3. The lowest BCUT2D eigenvalue weighted by Crippen LogP contribution is -2.22. The smallest absolute Gasteiger partial charge is 0.159 e. The van der Waals surface area contributed by atoms with Crippen molar-refractivity contribution >= 4 is 0 Å². The van der Waals surface area contributed by atoms with E-state index in [2.05, 4.69) is 9.97 Å². The number of rotatable bonds is 4. The van der Waals surface area contributed by atoms with E-state index < -0.39 is 11.6 Å². The molecule has 5 heteroatoms. The van der Waals surface area contributed by atoms with Gasteiger partial charge < -0.3 is 5.73 Å². The van der Waals surface area contributed by atoms with Crippen LogP contribution in [0.2, 0.25) is 0 Å². The quantitative estimate of drug-likeness (QED) is 0.934. The van der Waals surface area contributed by atoms with E-state index in [1.54, 1.807) is 0 Å². The zero-order chi connectivity index (χ0) is 14.7. The third-order valence-corrected chi connectivity index (χ3v) is 3.08. The van der Waals surface area contributed by atoms with Crippen molar-refractivity contribution in [2.75, 3.05) is 0 Å². The second-order valence-electron chi connectivity index (χ2n) is 4.83. The highest BCUT2D eigenvalue weighted by Gasteiger charge is 2.10. The van der Waals surface area contributed by atoms with Crippen molar-refractivity contribution in [2.45, 2.75) is 32.7 Å². The zero-order valence-corrected chi connectivity index (χ0v) is 11.5. The van der Waals surface area contributed by atoms with Crippen LogP contribution < -0.4 is 5.73 Å². The Morgan fingerprint density at radius 3 is 2.55 bits per heavy atom. The summed E-state index contributed by atoms with van der Waals surface area (Å²) in [5.41, 5.74) is 7.96. The Hall–Kier alpha value is -1.88. The van der Waals surface area contributed by atoms with Crippen molar-refractivity contribution in [3.8, 4) is 11.4 Å². The topological polar surface area (TPSA) is 51.8 Å². The van der Waals surface area contributed by atoms with Gasteiger partial charge in [0.2, 0.25) is 0 Å². The number of hydrogen-bond acceptors (Lipinski definition) is 3. The highest BCUT2D eigenvalue weighted by molar-refractivity contribution is 5.55. The van der Waals surface area contributed by atoms with Crippen molar-refractivity contribution in [2.24, 2.45) is 5.73 Å². The molecule has 0 aliphatic carbocycles. The van der Waals surface area contributed by atoms with Gasteiger partial charge in [0, 0.05) is 29.4 Å². The summed E-state index contributed by atoms with van der Waals surface area (Å²) in [5.74, 6) is -1.39. The summed E-state index contributed by atoms with van der Waals surface area (Å²) in [6, 6.07) is 5.54. The van der Waals surface area contributed by atoms with Gasteiger partial charge in [-0.15, -0.1) is 0 Å². The van der Waals surface area contributed by atoms with Crippen LogP contribution in [-0.4, -0.2) is 16.0 Å². The van der Waals surface area contributed by atoms with Crippen LogP contribution in [-0.2, 0) is 6.42 Å². The van der Waals surface area contributed by atoms with Gasteiger partial charge in [0.15, 0.2) is 17.5 Å². The molecule has 0 aliphatic heterocycles. The van der Waals surface area contributed by atoms with Gasteiger partial charge in [-0.05, 0) is 37.6 Å². The molecule has 0 fully saturated rings. The van der Waals surface area contributed by atoms with E-state index in [0.29, 0.717) is 17.8 Å². The van der Waals surface area contributed by atoms with E-state index in [9.17, 15) is 8.78 Å². The highest BCUT2D eigenvalue weighted by atomic mass is 19.2. The van der Waals surface area contributed by atoms with Crippen LogP contribution in [0.1, 0.15) is 24.7 Å². The van der Waals surface area contributed by atoms with Crippen LogP contribution in [0, 0.1) is 18.6 Å². The summed E-state index contributed by atoms with van der Waals surface area (Å²) in [6.07, 6.45) is 1.49. The zero-order valence-electron chi connectivity index (χ0n) is 11.5. The Balaban J connectivity index is 2.38. The number of hydrogen-bond donors (Lipinski definition) is 1. The van der Waals surface area contributed by atoms with Gasteiger partial charge in [0.1, 0.15) is 0 Å². The Labute approximate surface area is 116 Å². The fourth-order valence-corrected chi connectivity index (χ4v) is 1.92. The monoisotopic (exact) mass is 277 g/mol. The maximum atomic E-state index is 13.3. The fourth-order valence-electron chi connectivity index (χ4n) is 1.92. The predicted molar refractivity (Wildman–Crippen MR) is 74.1 cm³/mol. The van der Waals surface area contributed by atoms with Gasteiger partial charge >= 0.3 is 0 Å². The minimum Gasteiger partial charge on any atom is -0.327 e. The van der Waals surface area contributed by atoms with Gasteiger partial charge in [-0.1, -0.05) is 6.92 Å². The largest absolute Gasteiger partial charge is 0.327 e. The summed E-state index contributed by atoms with van der Waals surface area (Å²) in [4.78, 5) is 8.65. The van der Waals surface area contributed by atoms with Gasteiger partial charge in [0.25, 0.3) is 0 Å². The molecule has 1 atom stereocenters. The average molecular weight is 277 g/mol. The second kappa shape index (κ2) is 6.05. The summed E-state index contributed by atoms with van der Waals surface area (Å²) in [5, 5.41) is 0. The van der Waals surface area contributed by atoms with Gasteiger partial charge in [-0.3, -0.25) is 0 Å². The lowest BCUT2D eigenvalue weighted by Gasteiger charge is -2.10. The maximum absolute atomic E-state index is 13.3. The molecule has 2 N–H and O–H groups in total. The molecule has 0 aliphatic rings. The predicted octanol–water partition coefficient (Wildman–Crippen LogP) is 3.01. The minimum atomic E-state index is -0.903. The standard InChI is InChI=1S/C15H17F2N3/c1-3-11(18)8-12-6-9(2)19-15(20-12)10-4-5-13(16)14(17)7-10/h4-7,11H,3,8,18H2,1-2H3. The lowest BCUT2D eigenvalue weighted by molar-refractivity contribution is 0.509. The first-order valence-corrected chi connectivity index (χ1v) is 6.55. The SMILES string of the molecule is CCC(N)Cc1cc(C)nc(-c2ccc(F)c(F)c2)n1. The van der Waals surface area contributed by atoms with E-state index in [4.69, 9.17) is 5.73 Å². The molecule has 0 bridgehead atoms. The number of nitrogens with two attached hydrogens (primary N) is 1. The number of halogens is 2. The molecule has 0 saturated carbocycles. The number of aromatic nitrogens is 2. The molecule has 0 radical (unpaired) electrons. The summed E-state index contributed by atoms with van der Waals surface area (Å²) in [6.45, 7) is 3.85. The van der Waals surface area contributed by atoms with Crippen LogP contribution in [0.3, 0.4) is 0 Å². The van der Waals surface area contributed by atoms with Gasteiger partial charge in [0.05, 0.1) is 0 Å². The van der Waals surface area contributed by atoms with E-state index in [1.165, 1.54) is 6.07 Å². The van der Waals surface area contributed by atoms with Crippen LogP contribution in [0.25, 0.3) is 11.4 Å². The third kappa shape index (κ3) is 3.36. The Bertz CT molecular complexity index is 614. The van der Waals surface area contributed by atoms with Gasteiger partial charge in [-0.2, -0.15) is 0 Å². The molecule has 2 aromatic rings. The third-order valence-electron chi connectivity index (χ3n) is 3.08. The molecular weight excluding hydrogens is 260 g/mol. The summed E-state index contributed by atoms with van der Waals surface area (Å²) >= 11 is 0. The molecule has 20 heavy (non-hydrogen) atoms. The summed E-state index contributed by atoms with van der Waals surface area (Å²) in [7, 11) is 0. The molecule has 2 rings (SSSR count). The maximum Gasteiger partial charge on any atom is 0.159 e. The van der Waals surface area contributed by atoms with Crippen LogP contribution >= 0.6 is 0 Å². The van der Waals surface area contributed by atoms with Crippen LogP contribution in [0.4, 0.5) is 8.78 Å². The molecule has 0 amide bonds. The van der Waals surface area contributed by atoms with Crippen molar-refractivity contribution < 1.29 is 8.78 Å². The van der Waals surface area contributed by atoms with Crippen molar-refractivity contribution in [3.05, 3.63) is 47.3 Å². The highest BCUT2D eigenvalue weighted by Crippen LogP contribution is 2.19. The molecule has 1 aromatic carbocycles. The minimum absolute atomic E-state index is 0.0297. The molecule has 1 aromatic heterocycles. The molecule has 0 spiro atoms. The van der Waals surface area contributed by atoms with Crippen molar-refractivity contribution in [1.29, 1.82) is 0 Å². The fraction of sp³-hybridized carbons (Fsp3) is 0.333. The van der Waals surface area contributed by atoms with Crippen molar-refractivity contribution in [1.82, 2.24) is 9.97 Å².